The van der Waals surface area contributed by atoms with Crippen LogP contribution in [-0.4, -0.2) is 79.3 Å². The van der Waals surface area contributed by atoms with Crippen LogP contribution in [0.4, 0.5) is 0 Å². The molecule has 4 nitrogen and oxygen atoms in total. The van der Waals surface area contributed by atoms with Crippen LogP contribution in [-0.2, 0) is 19.1 Å². The number of rotatable bonds is 14. The van der Waals surface area contributed by atoms with Crippen molar-refractivity contribution in [3.63, 3.8) is 0 Å². The van der Waals surface area contributed by atoms with E-state index in [9.17, 15) is 9.59 Å². The van der Waals surface area contributed by atoms with E-state index in [1.54, 1.807) is 0 Å². The Labute approximate surface area is 230 Å². The molecule has 0 spiro atoms. The Morgan fingerprint density at radius 3 is 1.53 bits per heavy atom. The van der Waals surface area contributed by atoms with Crippen LogP contribution in [0.25, 0.3) is 0 Å². The molecule has 0 amide bonds. The highest BCUT2D eigenvalue weighted by atomic mass is 32.2. The van der Waals surface area contributed by atoms with Crippen LogP contribution in [0.15, 0.2) is 25.3 Å². The molecule has 2 heterocycles. The molecule has 0 bridgehead atoms. The lowest BCUT2D eigenvalue weighted by Crippen LogP contribution is -2.19. The highest BCUT2D eigenvalue weighted by Crippen LogP contribution is 2.42. The Balaban J connectivity index is 1.17. The normalized spacial score (nSPS) is 31.2. The summed E-state index contributed by atoms with van der Waals surface area (Å²) in [5.74, 6) is 8.26. The second kappa shape index (κ2) is 16.4. The van der Waals surface area contributed by atoms with E-state index in [0.29, 0.717) is 32.9 Å². The van der Waals surface area contributed by atoms with Crippen LogP contribution in [0.1, 0.15) is 25.7 Å². The fraction of sp³-hybridized carbons (Fsp3) is 0.750. The number of thioether (sulfide) groups is 6. The van der Waals surface area contributed by atoms with Gasteiger partial charge in [-0.05, 0) is 49.0 Å². The summed E-state index contributed by atoms with van der Waals surface area (Å²) in [5.41, 5.74) is 0. The number of carbonyl (C=O) groups is 2. The first-order valence-electron chi connectivity index (χ1n) is 11.8. The molecule has 3 fully saturated rings. The van der Waals surface area contributed by atoms with Crippen LogP contribution in [0.3, 0.4) is 0 Å². The van der Waals surface area contributed by atoms with Crippen molar-refractivity contribution < 1.29 is 19.1 Å². The van der Waals surface area contributed by atoms with Gasteiger partial charge in [0.1, 0.15) is 13.2 Å². The lowest BCUT2D eigenvalue weighted by atomic mass is 9.84. The third kappa shape index (κ3) is 10.9. The summed E-state index contributed by atoms with van der Waals surface area (Å²) >= 11 is 12.2. The average molecular weight is 581 g/mol. The van der Waals surface area contributed by atoms with Gasteiger partial charge in [0.05, 0.1) is 9.16 Å². The maximum atomic E-state index is 11.2. The maximum absolute atomic E-state index is 11.2. The van der Waals surface area contributed by atoms with Gasteiger partial charge in [-0.15, -0.1) is 47.0 Å². The van der Waals surface area contributed by atoms with Crippen molar-refractivity contribution in [1.29, 1.82) is 0 Å². The van der Waals surface area contributed by atoms with Gasteiger partial charge in [0, 0.05) is 45.7 Å². The molecule has 3 rings (SSSR count). The second-order valence-electron chi connectivity index (χ2n) is 8.67. The first-order valence-corrected chi connectivity index (χ1v) is 18.1. The molecule has 0 aromatic heterocycles. The number of hydrogen-bond acceptors (Lipinski definition) is 10. The van der Waals surface area contributed by atoms with E-state index in [1.807, 2.05) is 47.0 Å². The lowest BCUT2D eigenvalue weighted by Gasteiger charge is -2.28. The fourth-order valence-corrected chi connectivity index (χ4v) is 13.9. The molecule has 2 saturated heterocycles. The van der Waals surface area contributed by atoms with Crippen LogP contribution < -0.4 is 0 Å². The largest absolute Gasteiger partial charge is 0.461 e. The Morgan fingerprint density at radius 1 is 0.735 bits per heavy atom. The third-order valence-corrected chi connectivity index (χ3v) is 15.8. The summed E-state index contributed by atoms with van der Waals surface area (Å²) in [5, 5.41) is 0.850. The summed E-state index contributed by atoms with van der Waals surface area (Å²) in [6, 6.07) is 0. The van der Waals surface area contributed by atoms with Crippen LogP contribution in [0.2, 0.25) is 0 Å². The molecule has 3 aliphatic rings. The molecular weight excluding hydrogens is 545 g/mol. The van der Waals surface area contributed by atoms with Crippen LogP contribution in [0.5, 0.6) is 0 Å². The molecule has 2 aliphatic heterocycles. The van der Waals surface area contributed by atoms with Crippen LogP contribution >= 0.6 is 70.6 Å². The molecule has 0 N–H and O–H groups in total. The molecule has 4 atom stereocenters. The zero-order valence-electron chi connectivity index (χ0n) is 19.6. The average Bonchev–Trinajstić information content (AvgIpc) is 3.51. The van der Waals surface area contributed by atoms with E-state index < -0.39 is 0 Å². The van der Waals surface area contributed by atoms with Gasteiger partial charge >= 0.3 is 11.9 Å². The second-order valence-corrected chi connectivity index (χ2v) is 16.9. The van der Waals surface area contributed by atoms with Gasteiger partial charge in [0.2, 0.25) is 0 Å². The number of esters is 2. The van der Waals surface area contributed by atoms with Crippen LogP contribution in [0, 0.1) is 11.8 Å². The van der Waals surface area contributed by atoms with Gasteiger partial charge in [-0.3, -0.25) is 0 Å². The van der Waals surface area contributed by atoms with Crippen molar-refractivity contribution in [2.24, 2.45) is 11.8 Å². The summed E-state index contributed by atoms with van der Waals surface area (Å²) in [4.78, 5) is 22.4. The highest BCUT2D eigenvalue weighted by Gasteiger charge is 2.29. The molecule has 1 saturated carbocycles. The van der Waals surface area contributed by atoms with Crippen molar-refractivity contribution in [2.75, 3.05) is 47.7 Å². The monoisotopic (exact) mass is 580 g/mol. The zero-order chi connectivity index (χ0) is 24.2. The SMILES string of the molecule is C=CC(=O)OCC1CSC(CSCC2CCC(CSCC3SCC(COC(=O)C=C)S3)CC2)S1. The standard InChI is InChI=1S/C24H36O4S6/c1-3-21(25)27-9-19-13-31-23(33-19)15-29-11-17-5-7-18(8-6-17)12-30-16-24-32-14-20(34-24)10-28-22(26)4-2/h3-4,17-20,23-24H,1-2,5-16H2. The molecule has 0 radical (unpaired) electrons. The van der Waals surface area contributed by atoms with Gasteiger partial charge < -0.3 is 9.47 Å². The van der Waals surface area contributed by atoms with E-state index in [-0.39, 0.29) is 11.9 Å². The summed E-state index contributed by atoms with van der Waals surface area (Å²) in [7, 11) is 0. The van der Waals surface area contributed by atoms with E-state index in [2.05, 4.69) is 36.7 Å². The smallest absolute Gasteiger partial charge is 0.330 e. The van der Waals surface area contributed by atoms with E-state index >= 15 is 0 Å². The van der Waals surface area contributed by atoms with E-state index in [4.69, 9.17) is 9.47 Å². The van der Waals surface area contributed by atoms with Gasteiger partial charge in [0.15, 0.2) is 0 Å². The van der Waals surface area contributed by atoms with Crippen molar-refractivity contribution in [3.05, 3.63) is 25.3 Å². The van der Waals surface area contributed by atoms with Crippen molar-refractivity contribution in [1.82, 2.24) is 0 Å². The Hall–Kier alpha value is 0.520. The fourth-order valence-electron chi connectivity index (χ4n) is 4.06. The first-order chi connectivity index (χ1) is 16.6. The molecular formula is C24H36O4S6. The summed E-state index contributed by atoms with van der Waals surface area (Å²) in [6.45, 7) is 7.92. The zero-order valence-corrected chi connectivity index (χ0v) is 24.5. The Bertz CT molecular complexity index is 614. The topological polar surface area (TPSA) is 52.6 Å². The van der Waals surface area contributed by atoms with Gasteiger partial charge in [-0.1, -0.05) is 13.2 Å². The number of hydrogen-bond donors (Lipinski definition) is 0. The molecule has 0 aromatic carbocycles. The molecule has 0 aromatic rings. The quantitative estimate of drug-likeness (QED) is 0.179. The van der Waals surface area contributed by atoms with Crippen molar-refractivity contribution in [2.45, 2.75) is 45.3 Å². The molecule has 4 unspecified atom stereocenters. The summed E-state index contributed by atoms with van der Waals surface area (Å²) < 4.78 is 11.6. The van der Waals surface area contributed by atoms with Crippen molar-refractivity contribution in [3.8, 4) is 0 Å². The first kappa shape index (κ1) is 29.1. The summed E-state index contributed by atoms with van der Waals surface area (Å²) in [6.07, 6.45) is 8.01. The minimum absolute atomic E-state index is 0.314. The van der Waals surface area contributed by atoms with Crippen molar-refractivity contribution >= 4 is 82.5 Å². The predicted octanol–water partition coefficient (Wildman–Crippen LogP) is 6.07. The van der Waals surface area contributed by atoms with Gasteiger partial charge in [0.25, 0.3) is 0 Å². The minimum Gasteiger partial charge on any atom is -0.461 e. The number of carbonyl (C=O) groups excluding carboxylic acids is 2. The Morgan fingerprint density at radius 2 is 1.15 bits per heavy atom. The molecule has 1 aliphatic carbocycles. The van der Waals surface area contributed by atoms with E-state index in [1.165, 1.54) is 60.8 Å². The maximum Gasteiger partial charge on any atom is 0.330 e. The predicted molar refractivity (Wildman–Crippen MR) is 158 cm³/mol. The molecule has 192 valence electrons. The number of ether oxygens (including phenoxy) is 2. The van der Waals surface area contributed by atoms with Gasteiger partial charge in [-0.2, -0.15) is 23.5 Å². The lowest BCUT2D eigenvalue weighted by molar-refractivity contribution is -0.138. The molecule has 34 heavy (non-hydrogen) atoms. The Kier molecular flexibility index (Phi) is 14.0. The highest BCUT2D eigenvalue weighted by molar-refractivity contribution is 8.22. The van der Waals surface area contributed by atoms with E-state index in [0.717, 1.165) is 23.3 Å². The minimum atomic E-state index is -0.314. The molecule has 10 heteroatoms. The third-order valence-electron chi connectivity index (χ3n) is 5.96. The van der Waals surface area contributed by atoms with Gasteiger partial charge in [-0.25, -0.2) is 9.59 Å².